The second-order valence-electron chi connectivity index (χ2n) is 8.72. The van der Waals surface area contributed by atoms with Crippen LogP contribution in [-0.4, -0.2) is 21.6 Å². The smallest absolute Gasteiger partial charge is 0.307 e. The van der Waals surface area contributed by atoms with Crippen LogP contribution in [0.4, 0.5) is 5.69 Å². The Morgan fingerprint density at radius 3 is 2.55 bits per heavy atom. The molecule has 0 spiro atoms. The minimum atomic E-state index is -0.556. The lowest BCUT2D eigenvalue weighted by Gasteiger charge is -2.11. The molecule has 0 bridgehead atoms. The molecule has 1 amide bonds. The fourth-order valence-electron chi connectivity index (χ4n) is 4.22. The molecule has 0 radical (unpaired) electrons. The summed E-state index contributed by atoms with van der Waals surface area (Å²) in [6.45, 7) is 4.47. The van der Waals surface area contributed by atoms with Crippen molar-refractivity contribution >= 4 is 28.8 Å². The van der Waals surface area contributed by atoms with Gasteiger partial charge >= 0.3 is 5.91 Å². The van der Waals surface area contributed by atoms with Crippen LogP contribution in [0.15, 0.2) is 94.4 Å². The molecule has 0 fully saturated rings. The van der Waals surface area contributed by atoms with E-state index < -0.39 is 10.8 Å². The predicted octanol–water partition coefficient (Wildman–Crippen LogP) is 6.09. The number of rotatable bonds is 8. The average Bonchev–Trinajstić information content (AvgIpc) is 3.48. The number of benzene rings is 3. The second kappa shape index (κ2) is 10.4. The molecule has 0 aliphatic heterocycles. The number of aromatic nitrogens is 1. The van der Waals surface area contributed by atoms with Crippen molar-refractivity contribution in [3.63, 3.8) is 0 Å². The van der Waals surface area contributed by atoms with Gasteiger partial charge in [0.05, 0.1) is 11.1 Å². The zero-order valence-electron chi connectivity index (χ0n) is 20.8. The number of carbonyl (C=O) groups is 1. The van der Waals surface area contributed by atoms with Gasteiger partial charge in [-0.1, -0.05) is 30.3 Å². The molecule has 2 aromatic heterocycles. The number of amides is 1. The van der Waals surface area contributed by atoms with Gasteiger partial charge in [-0.3, -0.25) is 14.9 Å². The van der Waals surface area contributed by atoms with Gasteiger partial charge in [0.25, 0.3) is 5.69 Å². The summed E-state index contributed by atoms with van der Waals surface area (Å²) in [5, 5.41) is 15.5. The van der Waals surface area contributed by atoms with Crippen LogP contribution in [0.5, 0.6) is 5.75 Å². The van der Waals surface area contributed by atoms with Crippen LogP contribution in [0.2, 0.25) is 0 Å². The maximum atomic E-state index is 12.5. The Hall–Kier alpha value is -5.18. The number of hydrogen-bond acceptors (Lipinski definition) is 6. The first-order valence-corrected chi connectivity index (χ1v) is 11.9. The van der Waals surface area contributed by atoms with E-state index in [1.807, 2.05) is 74.5 Å². The second-order valence-corrected chi connectivity index (χ2v) is 8.72. The summed E-state index contributed by atoms with van der Waals surface area (Å²) in [7, 11) is 0. The Kier molecular flexibility index (Phi) is 6.73. The van der Waals surface area contributed by atoms with Crippen LogP contribution in [0.1, 0.15) is 33.1 Å². The molecule has 0 aliphatic rings. The molecule has 190 valence electrons. The largest absolute Gasteiger partial charge is 0.489 e. The topological polar surface area (TPSA) is 112 Å². The number of hydrazone groups is 1. The molecule has 9 heteroatoms. The van der Waals surface area contributed by atoms with Gasteiger partial charge in [0, 0.05) is 40.2 Å². The van der Waals surface area contributed by atoms with E-state index in [0.717, 1.165) is 34.0 Å². The Bertz CT molecular complexity index is 1650. The highest BCUT2D eigenvalue weighted by Gasteiger charge is 2.15. The summed E-state index contributed by atoms with van der Waals surface area (Å²) in [6, 6.07) is 25.4. The van der Waals surface area contributed by atoms with Crippen molar-refractivity contribution < 1.29 is 18.9 Å². The predicted molar refractivity (Wildman–Crippen MR) is 144 cm³/mol. The lowest BCUT2D eigenvalue weighted by Crippen LogP contribution is -2.16. The van der Waals surface area contributed by atoms with Gasteiger partial charge in [-0.2, -0.15) is 5.10 Å². The fourth-order valence-corrected chi connectivity index (χ4v) is 4.22. The summed E-state index contributed by atoms with van der Waals surface area (Å²) in [4.78, 5) is 23.0. The van der Waals surface area contributed by atoms with E-state index >= 15 is 0 Å². The van der Waals surface area contributed by atoms with Gasteiger partial charge < -0.3 is 13.7 Å². The van der Waals surface area contributed by atoms with Gasteiger partial charge in [-0.05, 0) is 61.9 Å². The molecule has 9 nitrogen and oxygen atoms in total. The standard InChI is InChI=1S/C29H24N4O5/c1-19-14-23(17-30-31-29(34)28-16-22-15-25(33(35)36)10-13-27(22)38-28)20(2)32(19)24-8-11-26(12-9-24)37-18-21-6-4-3-5-7-21/h3-17H,18H2,1-2H3,(H,31,34)/b30-17-. The molecule has 0 atom stereocenters. The summed E-state index contributed by atoms with van der Waals surface area (Å²) in [6.07, 6.45) is 1.57. The molecule has 0 saturated heterocycles. The minimum Gasteiger partial charge on any atom is -0.489 e. The van der Waals surface area contributed by atoms with Crippen LogP contribution >= 0.6 is 0 Å². The van der Waals surface area contributed by atoms with E-state index in [2.05, 4.69) is 15.1 Å². The van der Waals surface area contributed by atoms with Crippen LogP contribution in [0.3, 0.4) is 0 Å². The number of nitro benzene ring substituents is 1. The third-order valence-electron chi connectivity index (χ3n) is 6.12. The maximum absolute atomic E-state index is 12.5. The van der Waals surface area contributed by atoms with Crippen molar-refractivity contribution in [2.75, 3.05) is 0 Å². The Morgan fingerprint density at radius 1 is 1.05 bits per heavy atom. The molecular weight excluding hydrogens is 484 g/mol. The number of furan rings is 1. The molecule has 1 N–H and O–H groups in total. The summed E-state index contributed by atoms with van der Waals surface area (Å²) in [5.74, 6) is 0.238. The first-order valence-electron chi connectivity index (χ1n) is 11.9. The number of aryl methyl sites for hydroxylation is 1. The summed E-state index contributed by atoms with van der Waals surface area (Å²) in [5.41, 5.74) is 7.64. The first-order chi connectivity index (χ1) is 18.4. The van der Waals surface area contributed by atoms with Crippen molar-refractivity contribution in [3.8, 4) is 11.4 Å². The van der Waals surface area contributed by atoms with Crippen molar-refractivity contribution in [1.82, 2.24) is 9.99 Å². The van der Waals surface area contributed by atoms with Crippen LogP contribution < -0.4 is 10.2 Å². The number of nitro groups is 1. The molecule has 38 heavy (non-hydrogen) atoms. The third kappa shape index (κ3) is 5.17. The Morgan fingerprint density at radius 2 is 1.82 bits per heavy atom. The summed E-state index contributed by atoms with van der Waals surface area (Å²) >= 11 is 0. The number of nitrogens with zero attached hydrogens (tertiary/aromatic N) is 3. The Balaban J connectivity index is 1.25. The number of carbonyl (C=O) groups excluding carboxylic acids is 1. The molecular formula is C29H24N4O5. The summed E-state index contributed by atoms with van der Waals surface area (Å²) < 4.78 is 13.5. The normalized spacial score (nSPS) is 11.2. The molecule has 5 aromatic rings. The van der Waals surface area contributed by atoms with E-state index in [9.17, 15) is 14.9 Å². The number of hydrogen-bond donors (Lipinski definition) is 1. The van der Waals surface area contributed by atoms with E-state index in [0.29, 0.717) is 17.6 Å². The Labute approximate surface area is 218 Å². The number of non-ortho nitro benzene ring substituents is 1. The van der Waals surface area contributed by atoms with E-state index in [1.165, 1.54) is 24.3 Å². The quantitative estimate of drug-likeness (QED) is 0.155. The van der Waals surface area contributed by atoms with Crippen LogP contribution in [-0.2, 0) is 6.61 Å². The molecule has 3 aromatic carbocycles. The molecule has 0 aliphatic carbocycles. The van der Waals surface area contributed by atoms with Crippen molar-refractivity contribution in [2.45, 2.75) is 20.5 Å². The van der Waals surface area contributed by atoms with Crippen LogP contribution in [0, 0.1) is 24.0 Å². The van der Waals surface area contributed by atoms with Gasteiger partial charge in [0.15, 0.2) is 5.76 Å². The van der Waals surface area contributed by atoms with Gasteiger partial charge in [-0.25, -0.2) is 5.43 Å². The zero-order chi connectivity index (χ0) is 26.6. The van der Waals surface area contributed by atoms with E-state index in [4.69, 9.17) is 9.15 Å². The zero-order valence-corrected chi connectivity index (χ0v) is 20.8. The highest BCUT2D eigenvalue weighted by atomic mass is 16.6. The number of nitrogens with one attached hydrogen (secondary N) is 1. The number of fused-ring (bicyclic) bond motifs is 1. The molecule has 0 unspecified atom stereocenters. The average molecular weight is 509 g/mol. The molecule has 5 rings (SSSR count). The molecule has 2 heterocycles. The SMILES string of the molecule is Cc1cc(/C=N\NC(=O)c2cc3cc([N+](=O)[O-])ccc3o2)c(C)n1-c1ccc(OCc2ccccc2)cc1. The monoisotopic (exact) mass is 508 g/mol. The molecule has 0 saturated carbocycles. The van der Waals surface area contributed by atoms with Gasteiger partial charge in [0.2, 0.25) is 0 Å². The van der Waals surface area contributed by atoms with Crippen molar-refractivity contribution in [2.24, 2.45) is 5.10 Å². The number of ether oxygens (including phenoxy) is 1. The minimum absolute atomic E-state index is 0.0118. The van der Waals surface area contributed by atoms with Crippen molar-refractivity contribution in [3.05, 3.63) is 123 Å². The highest BCUT2D eigenvalue weighted by Crippen LogP contribution is 2.25. The fraction of sp³-hybridized carbons (Fsp3) is 0.103. The van der Waals surface area contributed by atoms with E-state index in [1.54, 1.807) is 6.21 Å². The van der Waals surface area contributed by atoms with Gasteiger partial charge in [0.1, 0.15) is 17.9 Å². The maximum Gasteiger partial charge on any atom is 0.307 e. The lowest BCUT2D eigenvalue weighted by atomic mass is 10.2. The highest BCUT2D eigenvalue weighted by molar-refractivity contribution is 5.97. The first kappa shape index (κ1) is 24.5. The van der Waals surface area contributed by atoms with Gasteiger partial charge in [-0.15, -0.1) is 0 Å². The lowest BCUT2D eigenvalue weighted by molar-refractivity contribution is -0.384. The van der Waals surface area contributed by atoms with Crippen molar-refractivity contribution in [1.29, 1.82) is 0 Å². The third-order valence-corrected chi connectivity index (χ3v) is 6.12. The van der Waals surface area contributed by atoms with Crippen LogP contribution in [0.25, 0.3) is 16.7 Å². The van der Waals surface area contributed by atoms with E-state index in [-0.39, 0.29) is 11.4 Å².